The number of aliphatic hydroxyl groups excluding tert-OH is 1. The van der Waals surface area contributed by atoms with Crippen LogP contribution < -0.4 is 10.6 Å². The third kappa shape index (κ3) is 8.53. The second kappa shape index (κ2) is 11.1. The SMILES string of the molecule is CN(C)CCNC(=O)Cc1cccc(CC(C)(C)NCC(O)c2ccc(O)cc2)c1. The Bertz CT molecular complexity index is 804. The minimum absolute atomic E-state index is 0.0309. The van der Waals surface area contributed by atoms with E-state index in [4.69, 9.17) is 0 Å². The van der Waals surface area contributed by atoms with E-state index in [-0.39, 0.29) is 17.2 Å². The van der Waals surface area contributed by atoms with Crippen molar-refractivity contribution in [1.82, 2.24) is 15.5 Å². The predicted octanol–water partition coefficient (Wildman–Crippen LogP) is 2.26. The summed E-state index contributed by atoms with van der Waals surface area (Å²) in [5, 5.41) is 26.1. The van der Waals surface area contributed by atoms with Crippen LogP contribution in [0.5, 0.6) is 5.75 Å². The van der Waals surface area contributed by atoms with Gasteiger partial charge in [-0.3, -0.25) is 4.79 Å². The van der Waals surface area contributed by atoms with Crippen LogP contribution in [0.25, 0.3) is 0 Å². The van der Waals surface area contributed by atoms with Crippen molar-refractivity contribution >= 4 is 5.91 Å². The summed E-state index contributed by atoms with van der Waals surface area (Å²) in [5.74, 6) is 0.217. The number of phenols is 1. The number of hydrogen-bond acceptors (Lipinski definition) is 5. The molecular formula is C24H35N3O3. The van der Waals surface area contributed by atoms with Gasteiger partial charge in [-0.05, 0) is 63.2 Å². The predicted molar refractivity (Wildman–Crippen MR) is 121 cm³/mol. The lowest BCUT2D eigenvalue weighted by molar-refractivity contribution is -0.120. The maximum absolute atomic E-state index is 12.1. The number of aromatic hydroxyl groups is 1. The number of aliphatic hydroxyl groups is 1. The molecule has 0 saturated carbocycles. The highest BCUT2D eigenvalue weighted by Gasteiger charge is 2.20. The Morgan fingerprint density at radius 2 is 1.77 bits per heavy atom. The maximum atomic E-state index is 12.1. The number of likely N-dealkylation sites (N-methyl/N-ethyl adjacent to an activating group) is 1. The van der Waals surface area contributed by atoms with Gasteiger partial charge in [0.05, 0.1) is 12.5 Å². The van der Waals surface area contributed by atoms with Gasteiger partial charge in [-0.2, -0.15) is 0 Å². The molecule has 1 amide bonds. The summed E-state index contributed by atoms with van der Waals surface area (Å²) in [6.45, 7) is 6.06. The Morgan fingerprint density at radius 3 is 2.43 bits per heavy atom. The summed E-state index contributed by atoms with van der Waals surface area (Å²) in [4.78, 5) is 14.2. The van der Waals surface area contributed by atoms with Crippen molar-refractivity contribution < 1.29 is 15.0 Å². The highest BCUT2D eigenvalue weighted by Crippen LogP contribution is 2.19. The molecule has 0 aliphatic heterocycles. The average Bonchev–Trinajstić information content (AvgIpc) is 2.66. The fraction of sp³-hybridized carbons (Fsp3) is 0.458. The van der Waals surface area contributed by atoms with E-state index in [1.165, 1.54) is 0 Å². The molecule has 0 saturated heterocycles. The number of hydrogen-bond donors (Lipinski definition) is 4. The van der Waals surface area contributed by atoms with Crippen LogP contribution in [0.1, 0.15) is 36.6 Å². The van der Waals surface area contributed by atoms with Gasteiger partial charge in [0, 0.05) is 25.2 Å². The van der Waals surface area contributed by atoms with E-state index in [0.29, 0.717) is 19.5 Å². The number of benzene rings is 2. The second-order valence-corrected chi connectivity index (χ2v) is 8.70. The molecule has 164 valence electrons. The first-order chi connectivity index (χ1) is 14.1. The van der Waals surface area contributed by atoms with Crippen LogP contribution in [-0.2, 0) is 17.6 Å². The van der Waals surface area contributed by atoms with Crippen molar-refractivity contribution in [2.45, 2.75) is 38.3 Å². The van der Waals surface area contributed by atoms with Crippen molar-refractivity contribution in [3.8, 4) is 5.75 Å². The van der Waals surface area contributed by atoms with E-state index in [1.807, 2.05) is 31.1 Å². The molecule has 0 aromatic heterocycles. The van der Waals surface area contributed by atoms with Crippen molar-refractivity contribution in [3.05, 3.63) is 65.2 Å². The number of carbonyl (C=O) groups excluding carboxylic acids is 1. The minimum Gasteiger partial charge on any atom is -0.508 e. The molecule has 0 heterocycles. The van der Waals surface area contributed by atoms with Gasteiger partial charge < -0.3 is 25.7 Å². The lowest BCUT2D eigenvalue weighted by Gasteiger charge is -2.28. The molecule has 0 aliphatic rings. The summed E-state index contributed by atoms with van der Waals surface area (Å²) < 4.78 is 0. The van der Waals surface area contributed by atoms with Crippen LogP contribution in [0, 0.1) is 0 Å². The molecule has 0 bridgehead atoms. The van der Waals surface area contributed by atoms with Crippen molar-refractivity contribution in [2.24, 2.45) is 0 Å². The molecule has 4 N–H and O–H groups in total. The zero-order valence-electron chi connectivity index (χ0n) is 18.5. The minimum atomic E-state index is -0.651. The summed E-state index contributed by atoms with van der Waals surface area (Å²) in [6.07, 6.45) is 0.488. The van der Waals surface area contributed by atoms with Gasteiger partial charge in [0.2, 0.25) is 5.91 Å². The highest BCUT2D eigenvalue weighted by molar-refractivity contribution is 5.78. The van der Waals surface area contributed by atoms with Crippen LogP contribution in [0.3, 0.4) is 0 Å². The Balaban J connectivity index is 1.87. The van der Waals surface area contributed by atoms with Gasteiger partial charge in [-0.25, -0.2) is 0 Å². The first-order valence-electron chi connectivity index (χ1n) is 10.4. The van der Waals surface area contributed by atoms with Crippen LogP contribution in [0.4, 0.5) is 0 Å². The van der Waals surface area contributed by atoms with E-state index in [1.54, 1.807) is 24.3 Å². The van der Waals surface area contributed by atoms with Crippen LogP contribution in [0.15, 0.2) is 48.5 Å². The molecule has 1 unspecified atom stereocenters. The van der Waals surface area contributed by atoms with Gasteiger partial charge in [0.15, 0.2) is 0 Å². The molecule has 2 aromatic rings. The fourth-order valence-corrected chi connectivity index (χ4v) is 3.28. The molecule has 0 fully saturated rings. The summed E-state index contributed by atoms with van der Waals surface area (Å²) >= 11 is 0. The topological polar surface area (TPSA) is 84.8 Å². The van der Waals surface area contributed by atoms with Gasteiger partial charge in [0.25, 0.3) is 0 Å². The third-order valence-electron chi connectivity index (χ3n) is 4.94. The molecule has 0 aliphatic carbocycles. The molecule has 30 heavy (non-hydrogen) atoms. The second-order valence-electron chi connectivity index (χ2n) is 8.70. The van der Waals surface area contributed by atoms with Crippen LogP contribution in [-0.4, -0.2) is 60.3 Å². The molecule has 6 heteroatoms. The third-order valence-corrected chi connectivity index (χ3v) is 4.94. The molecule has 2 aromatic carbocycles. The Hall–Kier alpha value is -2.41. The quantitative estimate of drug-likeness (QED) is 0.454. The van der Waals surface area contributed by atoms with Gasteiger partial charge >= 0.3 is 0 Å². The summed E-state index contributed by atoms with van der Waals surface area (Å²) in [7, 11) is 3.96. The first kappa shape index (κ1) is 23.9. The van der Waals surface area contributed by atoms with Crippen molar-refractivity contribution in [2.75, 3.05) is 33.7 Å². The van der Waals surface area contributed by atoms with E-state index < -0.39 is 6.10 Å². The van der Waals surface area contributed by atoms with Crippen molar-refractivity contribution in [1.29, 1.82) is 0 Å². The Morgan fingerprint density at radius 1 is 1.10 bits per heavy atom. The molecule has 0 radical (unpaired) electrons. The van der Waals surface area contributed by atoms with E-state index in [2.05, 4.69) is 36.6 Å². The lowest BCUT2D eigenvalue weighted by atomic mass is 9.93. The fourth-order valence-electron chi connectivity index (χ4n) is 3.28. The standard InChI is InChI=1S/C24H35N3O3/c1-24(2,26-17-22(29)20-8-10-21(28)11-9-20)16-19-7-5-6-18(14-19)15-23(30)25-12-13-27(3)4/h5-11,14,22,26,28-29H,12-13,15-17H2,1-4H3,(H,25,30). The van der Waals surface area contributed by atoms with Gasteiger partial charge in [-0.1, -0.05) is 36.4 Å². The number of phenolic OH excluding ortho intramolecular Hbond substituents is 1. The summed E-state index contributed by atoms with van der Waals surface area (Å²) in [5.41, 5.74) is 2.67. The monoisotopic (exact) mass is 413 g/mol. The largest absolute Gasteiger partial charge is 0.508 e. The molecule has 0 spiro atoms. The Labute approximate surface area is 179 Å². The number of nitrogens with one attached hydrogen (secondary N) is 2. The molecule has 6 nitrogen and oxygen atoms in total. The van der Waals surface area contributed by atoms with Crippen molar-refractivity contribution in [3.63, 3.8) is 0 Å². The molecule has 1 atom stereocenters. The average molecular weight is 414 g/mol. The Kier molecular flexibility index (Phi) is 8.84. The van der Waals surface area contributed by atoms with Crippen LogP contribution in [0.2, 0.25) is 0 Å². The smallest absolute Gasteiger partial charge is 0.224 e. The van der Waals surface area contributed by atoms with E-state index >= 15 is 0 Å². The zero-order valence-corrected chi connectivity index (χ0v) is 18.5. The van der Waals surface area contributed by atoms with E-state index in [0.717, 1.165) is 29.7 Å². The molecular weight excluding hydrogens is 378 g/mol. The zero-order chi connectivity index (χ0) is 22.1. The lowest BCUT2D eigenvalue weighted by Crippen LogP contribution is -2.43. The normalized spacial score (nSPS) is 12.7. The number of amides is 1. The number of β-amino-alcohol motifs (C(OH)–C–C–N with tert-alkyl or cyclic N) is 1. The number of carbonyl (C=O) groups is 1. The first-order valence-corrected chi connectivity index (χ1v) is 10.4. The summed E-state index contributed by atoms with van der Waals surface area (Å²) in [6, 6.07) is 14.7. The van der Waals surface area contributed by atoms with Gasteiger partial charge in [-0.15, -0.1) is 0 Å². The van der Waals surface area contributed by atoms with Crippen LogP contribution >= 0.6 is 0 Å². The molecule has 2 rings (SSSR count). The number of rotatable bonds is 11. The number of nitrogens with zero attached hydrogens (tertiary/aromatic N) is 1. The van der Waals surface area contributed by atoms with Gasteiger partial charge in [0.1, 0.15) is 5.75 Å². The highest BCUT2D eigenvalue weighted by atomic mass is 16.3. The maximum Gasteiger partial charge on any atom is 0.224 e. The van der Waals surface area contributed by atoms with E-state index in [9.17, 15) is 15.0 Å².